The van der Waals surface area contributed by atoms with Crippen LogP contribution in [0.3, 0.4) is 0 Å². The molecule has 0 bridgehead atoms. The molecule has 0 aliphatic carbocycles. The van der Waals surface area contributed by atoms with E-state index in [-0.39, 0.29) is 6.03 Å². The Kier molecular flexibility index (Phi) is 6.10. The Labute approximate surface area is 179 Å². The van der Waals surface area contributed by atoms with Crippen LogP contribution >= 0.6 is 11.6 Å². The number of amides is 2. The maximum Gasteiger partial charge on any atom is 0.321 e. The molecular formula is C20H22ClN7O2. The van der Waals surface area contributed by atoms with Gasteiger partial charge in [0.1, 0.15) is 5.75 Å². The number of hydrogen-bond acceptors (Lipinski definition) is 6. The van der Waals surface area contributed by atoms with Gasteiger partial charge in [-0.2, -0.15) is 4.68 Å². The molecule has 2 aromatic carbocycles. The minimum absolute atomic E-state index is 0.117. The highest BCUT2D eigenvalue weighted by atomic mass is 35.5. The number of piperazine rings is 1. The van der Waals surface area contributed by atoms with Crippen molar-refractivity contribution < 1.29 is 9.53 Å². The van der Waals surface area contributed by atoms with Crippen LogP contribution in [0.15, 0.2) is 48.5 Å². The van der Waals surface area contributed by atoms with E-state index >= 15 is 0 Å². The standard InChI is InChI=1S/C20H22ClN7O2/c1-30-18-4-2-3-16(13-18)22-20(29)27-11-9-26(10-12-27)14-19-23-24-25-28(19)17-7-5-15(21)6-8-17/h2-8,13H,9-12,14H2,1H3,(H,22,29). The molecule has 0 atom stereocenters. The van der Waals surface area contributed by atoms with E-state index in [0.29, 0.717) is 36.1 Å². The van der Waals surface area contributed by atoms with Gasteiger partial charge in [0.25, 0.3) is 0 Å². The molecule has 0 radical (unpaired) electrons. The zero-order valence-electron chi connectivity index (χ0n) is 16.5. The summed E-state index contributed by atoms with van der Waals surface area (Å²) in [5.41, 5.74) is 1.57. The summed E-state index contributed by atoms with van der Waals surface area (Å²) in [6.07, 6.45) is 0. The van der Waals surface area contributed by atoms with Gasteiger partial charge >= 0.3 is 6.03 Å². The molecule has 9 nitrogen and oxygen atoms in total. The lowest BCUT2D eigenvalue weighted by Crippen LogP contribution is -2.49. The Morgan fingerprint density at radius 2 is 1.90 bits per heavy atom. The summed E-state index contributed by atoms with van der Waals surface area (Å²) in [5, 5.41) is 15.6. The number of rotatable bonds is 5. The van der Waals surface area contributed by atoms with E-state index < -0.39 is 0 Å². The normalized spacial score (nSPS) is 14.5. The third-order valence-corrected chi connectivity index (χ3v) is 5.20. The maximum absolute atomic E-state index is 12.6. The van der Waals surface area contributed by atoms with E-state index in [4.69, 9.17) is 16.3 Å². The van der Waals surface area contributed by atoms with Gasteiger partial charge in [-0.15, -0.1) is 5.10 Å². The highest BCUT2D eigenvalue weighted by Gasteiger charge is 2.23. The van der Waals surface area contributed by atoms with E-state index in [1.807, 2.05) is 42.5 Å². The van der Waals surface area contributed by atoms with Crippen molar-refractivity contribution in [2.75, 3.05) is 38.6 Å². The van der Waals surface area contributed by atoms with Crippen LogP contribution in [0.1, 0.15) is 5.82 Å². The van der Waals surface area contributed by atoms with Crippen LogP contribution in [0.5, 0.6) is 5.75 Å². The number of aromatic nitrogens is 4. The topological polar surface area (TPSA) is 88.4 Å². The Morgan fingerprint density at radius 3 is 2.63 bits per heavy atom. The van der Waals surface area contributed by atoms with Crippen molar-refractivity contribution in [3.8, 4) is 11.4 Å². The molecule has 1 aliphatic heterocycles. The lowest BCUT2D eigenvalue weighted by Gasteiger charge is -2.34. The Hall–Kier alpha value is -3.17. The Morgan fingerprint density at radius 1 is 1.13 bits per heavy atom. The molecular weight excluding hydrogens is 406 g/mol. The average Bonchev–Trinajstić information content (AvgIpc) is 3.23. The van der Waals surface area contributed by atoms with Gasteiger partial charge in [-0.05, 0) is 46.8 Å². The smallest absolute Gasteiger partial charge is 0.321 e. The molecule has 1 aliphatic rings. The monoisotopic (exact) mass is 427 g/mol. The number of tetrazole rings is 1. The van der Waals surface area contributed by atoms with Crippen molar-refractivity contribution in [2.24, 2.45) is 0 Å². The van der Waals surface area contributed by atoms with E-state index in [9.17, 15) is 4.79 Å². The van der Waals surface area contributed by atoms with Crippen molar-refractivity contribution in [1.29, 1.82) is 0 Å². The van der Waals surface area contributed by atoms with Crippen molar-refractivity contribution in [1.82, 2.24) is 30.0 Å². The van der Waals surface area contributed by atoms with Crippen LogP contribution < -0.4 is 10.1 Å². The molecule has 2 amide bonds. The summed E-state index contributed by atoms with van der Waals surface area (Å²) in [6.45, 7) is 3.32. The zero-order chi connectivity index (χ0) is 20.9. The third-order valence-electron chi connectivity index (χ3n) is 4.95. The minimum atomic E-state index is -0.117. The molecule has 1 N–H and O–H groups in total. The first-order valence-electron chi connectivity index (χ1n) is 9.58. The minimum Gasteiger partial charge on any atom is -0.497 e. The first-order valence-corrected chi connectivity index (χ1v) is 9.96. The fourth-order valence-corrected chi connectivity index (χ4v) is 3.43. The average molecular weight is 428 g/mol. The molecule has 10 heteroatoms. The largest absolute Gasteiger partial charge is 0.497 e. The van der Waals surface area contributed by atoms with Gasteiger partial charge < -0.3 is 15.0 Å². The summed E-state index contributed by atoms with van der Waals surface area (Å²) in [7, 11) is 1.60. The van der Waals surface area contributed by atoms with Gasteiger partial charge in [0.05, 0.1) is 19.3 Å². The second kappa shape index (κ2) is 9.10. The van der Waals surface area contributed by atoms with Crippen LogP contribution in [0.4, 0.5) is 10.5 Å². The number of ether oxygens (including phenoxy) is 1. The van der Waals surface area contributed by atoms with Crippen molar-refractivity contribution >= 4 is 23.3 Å². The lowest BCUT2D eigenvalue weighted by molar-refractivity contribution is 0.140. The first-order chi connectivity index (χ1) is 14.6. The number of anilines is 1. The van der Waals surface area contributed by atoms with Gasteiger partial charge in [-0.3, -0.25) is 4.90 Å². The molecule has 4 rings (SSSR count). The third kappa shape index (κ3) is 4.69. The first kappa shape index (κ1) is 20.1. The van der Waals surface area contributed by atoms with Crippen molar-refractivity contribution in [3.63, 3.8) is 0 Å². The fraction of sp³-hybridized carbons (Fsp3) is 0.300. The van der Waals surface area contributed by atoms with E-state index in [2.05, 4.69) is 25.7 Å². The predicted octanol–water partition coefficient (Wildman–Crippen LogP) is 2.67. The van der Waals surface area contributed by atoms with Gasteiger partial charge in [0.2, 0.25) is 0 Å². The van der Waals surface area contributed by atoms with Crippen molar-refractivity contribution in [3.05, 3.63) is 59.4 Å². The van der Waals surface area contributed by atoms with Gasteiger partial charge in [0, 0.05) is 43.0 Å². The summed E-state index contributed by atoms with van der Waals surface area (Å²) in [5.74, 6) is 1.45. The van der Waals surface area contributed by atoms with Crippen molar-refractivity contribution in [2.45, 2.75) is 6.54 Å². The quantitative estimate of drug-likeness (QED) is 0.673. The predicted molar refractivity (Wildman–Crippen MR) is 113 cm³/mol. The molecule has 1 saturated heterocycles. The molecule has 0 unspecified atom stereocenters. The molecule has 30 heavy (non-hydrogen) atoms. The number of carbonyl (C=O) groups is 1. The molecule has 0 spiro atoms. The van der Waals surface area contributed by atoms with E-state index in [1.54, 1.807) is 22.8 Å². The van der Waals surface area contributed by atoms with Crippen LogP contribution in [0.2, 0.25) is 5.02 Å². The summed E-state index contributed by atoms with van der Waals surface area (Å²) in [4.78, 5) is 16.6. The van der Waals surface area contributed by atoms with Crippen LogP contribution in [-0.4, -0.2) is 69.3 Å². The fourth-order valence-electron chi connectivity index (χ4n) is 3.30. The summed E-state index contributed by atoms with van der Waals surface area (Å²) in [6, 6.07) is 14.6. The Balaban J connectivity index is 1.32. The van der Waals surface area contributed by atoms with E-state index in [1.165, 1.54) is 0 Å². The molecule has 156 valence electrons. The van der Waals surface area contributed by atoms with Gasteiger partial charge in [-0.25, -0.2) is 4.79 Å². The number of urea groups is 1. The number of nitrogens with one attached hydrogen (secondary N) is 1. The van der Waals surface area contributed by atoms with Crippen LogP contribution in [0.25, 0.3) is 5.69 Å². The number of benzene rings is 2. The van der Waals surface area contributed by atoms with Gasteiger partial charge in [-0.1, -0.05) is 17.7 Å². The maximum atomic E-state index is 12.6. The highest BCUT2D eigenvalue weighted by molar-refractivity contribution is 6.30. The number of carbonyl (C=O) groups excluding carboxylic acids is 1. The lowest BCUT2D eigenvalue weighted by atomic mass is 10.3. The number of halogens is 1. The number of hydrogen-bond donors (Lipinski definition) is 1. The number of methoxy groups -OCH3 is 1. The number of nitrogens with zero attached hydrogens (tertiary/aromatic N) is 6. The highest BCUT2D eigenvalue weighted by Crippen LogP contribution is 2.18. The van der Waals surface area contributed by atoms with Crippen LogP contribution in [-0.2, 0) is 6.54 Å². The van der Waals surface area contributed by atoms with E-state index in [0.717, 1.165) is 24.6 Å². The SMILES string of the molecule is COc1cccc(NC(=O)N2CCN(Cc3nnnn3-c3ccc(Cl)cc3)CC2)c1. The molecule has 1 fully saturated rings. The van der Waals surface area contributed by atoms with Gasteiger partial charge in [0.15, 0.2) is 5.82 Å². The Bertz CT molecular complexity index is 1000. The zero-order valence-corrected chi connectivity index (χ0v) is 17.3. The second-order valence-corrected chi connectivity index (χ2v) is 7.35. The second-order valence-electron chi connectivity index (χ2n) is 6.91. The molecule has 1 aromatic heterocycles. The van der Waals surface area contributed by atoms with Crippen LogP contribution in [0, 0.1) is 0 Å². The summed E-state index contributed by atoms with van der Waals surface area (Å²) >= 11 is 5.96. The molecule has 2 heterocycles. The molecule has 3 aromatic rings. The summed E-state index contributed by atoms with van der Waals surface area (Å²) < 4.78 is 6.90. The molecule has 0 saturated carbocycles.